The van der Waals surface area contributed by atoms with Crippen LogP contribution in [0.4, 0.5) is 0 Å². The molecule has 116 valence electrons. The Hall–Kier alpha value is -2.69. The number of carbonyl (C=O) groups excluding carboxylic acids is 1. The highest BCUT2D eigenvalue weighted by Crippen LogP contribution is 2.31. The second-order valence-electron chi connectivity index (χ2n) is 4.54. The molecule has 1 N–H and O–H groups in total. The summed E-state index contributed by atoms with van der Waals surface area (Å²) in [5, 5.41) is 2.75. The SMILES string of the molecule is CCNC(=O)c1cccc(Oc2cc(OC)cc(OC)c2)c1. The third kappa shape index (κ3) is 3.91. The molecule has 0 heterocycles. The minimum absolute atomic E-state index is 0.129. The van der Waals surface area contributed by atoms with Gasteiger partial charge in [0.2, 0.25) is 0 Å². The molecule has 0 bridgehead atoms. The van der Waals surface area contributed by atoms with E-state index in [2.05, 4.69) is 5.32 Å². The summed E-state index contributed by atoms with van der Waals surface area (Å²) in [4.78, 5) is 11.8. The second kappa shape index (κ2) is 7.36. The van der Waals surface area contributed by atoms with Crippen LogP contribution in [-0.2, 0) is 0 Å². The van der Waals surface area contributed by atoms with Gasteiger partial charge >= 0.3 is 0 Å². The zero-order valence-corrected chi connectivity index (χ0v) is 12.9. The molecular weight excluding hydrogens is 282 g/mol. The minimum atomic E-state index is -0.129. The van der Waals surface area contributed by atoms with Gasteiger partial charge in [0.1, 0.15) is 23.0 Å². The first kappa shape index (κ1) is 15.7. The van der Waals surface area contributed by atoms with Crippen molar-refractivity contribution >= 4 is 5.91 Å². The molecule has 0 saturated heterocycles. The van der Waals surface area contributed by atoms with E-state index in [1.807, 2.05) is 6.92 Å². The Morgan fingerprint density at radius 1 is 0.955 bits per heavy atom. The van der Waals surface area contributed by atoms with Crippen LogP contribution in [0.5, 0.6) is 23.0 Å². The molecule has 2 aromatic carbocycles. The standard InChI is InChI=1S/C17H19NO4/c1-4-18-17(19)12-6-5-7-13(8-12)22-16-10-14(20-2)9-15(11-16)21-3/h5-11H,4H2,1-3H3,(H,18,19). The van der Waals surface area contributed by atoms with Crippen molar-refractivity contribution in [2.45, 2.75) is 6.92 Å². The number of rotatable bonds is 6. The monoisotopic (exact) mass is 301 g/mol. The normalized spacial score (nSPS) is 9.95. The molecule has 0 atom stereocenters. The van der Waals surface area contributed by atoms with Crippen molar-refractivity contribution in [2.24, 2.45) is 0 Å². The highest BCUT2D eigenvalue weighted by atomic mass is 16.5. The van der Waals surface area contributed by atoms with Crippen LogP contribution in [0.25, 0.3) is 0 Å². The van der Waals surface area contributed by atoms with Gasteiger partial charge in [-0.3, -0.25) is 4.79 Å². The van der Waals surface area contributed by atoms with E-state index in [4.69, 9.17) is 14.2 Å². The van der Waals surface area contributed by atoms with Gasteiger partial charge in [-0.2, -0.15) is 0 Å². The van der Waals surface area contributed by atoms with Crippen LogP contribution in [0.1, 0.15) is 17.3 Å². The summed E-state index contributed by atoms with van der Waals surface area (Å²) in [5.41, 5.74) is 0.550. The molecule has 0 aliphatic rings. The molecule has 0 aliphatic carbocycles. The maximum Gasteiger partial charge on any atom is 0.251 e. The number of hydrogen-bond acceptors (Lipinski definition) is 4. The fourth-order valence-electron chi connectivity index (χ4n) is 1.94. The maximum absolute atomic E-state index is 11.8. The van der Waals surface area contributed by atoms with E-state index in [1.54, 1.807) is 56.7 Å². The summed E-state index contributed by atoms with van der Waals surface area (Å²) >= 11 is 0. The molecule has 0 unspecified atom stereocenters. The molecule has 5 heteroatoms. The molecule has 5 nitrogen and oxygen atoms in total. The lowest BCUT2D eigenvalue weighted by atomic mass is 10.2. The highest BCUT2D eigenvalue weighted by Gasteiger charge is 2.08. The zero-order valence-electron chi connectivity index (χ0n) is 12.9. The van der Waals surface area contributed by atoms with E-state index in [1.165, 1.54) is 0 Å². The molecule has 0 saturated carbocycles. The van der Waals surface area contributed by atoms with Gasteiger partial charge in [-0.15, -0.1) is 0 Å². The Morgan fingerprint density at radius 3 is 2.18 bits per heavy atom. The van der Waals surface area contributed by atoms with Crippen molar-refractivity contribution in [3.05, 3.63) is 48.0 Å². The molecule has 0 radical (unpaired) electrons. The summed E-state index contributed by atoms with van der Waals surface area (Å²) in [6, 6.07) is 12.3. The average Bonchev–Trinajstić information content (AvgIpc) is 2.55. The molecule has 22 heavy (non-hydrogen) atoms. The van der Waals surface area contributed by atoms with Crippen LogP contribution >= 0.6 is 0 Å². The topological polar surface area (TPSA) is 56.8 Å². The van der Waals surface area contributed by atoms with Crippen LogP contribution < -0.4 is 19.5 Å². The van der Waals surface area contributed by atoms with Crippen LogP contribution in [0.3, 0.4) is 0 Å². The molecular formula is C17H19NO4. The first-order valence-corrected chi connectivity index (χ1v) is 6.95. The lowest BCUT2D eigenvalue weighted by molar-refractivity contribution is 0.0955. The Morgan fingerprint density at radius 2 is 1.59 bits per heavy atom. The van der Waals surface area contributed by atoms with Crippen molar-refractivity contribution in [2.75, 3.05) is 20.8 Å². The lowest BCUT2D eigenvalue weighted by Gasteiger charge is -2.11. The molecule has 0 spiro atoms. The fraction of sp³-hybridized carbons (Fsp3) is 0.235. The Bertz CT molecular complexity index is 633. The van der Waals surface area contributed by atoms with Crippen molar-refractivity contribution in [3.8, 4) is 23.0 Å². The van der Waals surface area contributed by atoms with Gasteiger partial charge in [-0.25, -0.2) is 0 Å². The summed E-state index contributed by atoms with van der Waals surface area (Å²) < 4.78 is 16.2. The van der Waals surface area contributed by atoms with Crippen LogP contribution in [0.15, 0.2) is 42.5 Å². The Balaban J connectivity index is 2.23. The number of carbonyl (C=O) groups is 1. The largest absolute Gasteiger partial charge is 0.496 e. The van der Waals surface area contributed by atoms with Gasteiger partial charge in [0.15, 0.2) is 0 Å². The predicted octanol–water partition coefficient (Wildman–Crippen LogP) is 3.25. The second-order valence-corrected chi connectivity index (χ2v) is 4.54. The number of nitrogens with one attached hydrogen (secondary N) is 1. The Labute approximate surface area is 129 Å². The summed E-state index contributed by atoms with van der Waals surface area (Å²) in [6.45, 7) is 2.46. The van der Waals surface area contributed by atoms with Crippen molar-refractivity contribution in [1.82, 2.24) is 5.32 Å². The van der Waals surface area contributed by atoms with Crippen molar-refractivity contribution < 1.29 is 19.0 Å². The average molecular weight is 301 g/mol. The van der Waals surface area contributed by atoms with Crippen molar-refractivity contribution in [3.63, 3.8) is 0 Å². The predicted molar refractivity (Wildman–Crippen MR) is 84.1 cm³/mol. The fourth-order valence-corrected chi connectivity index (χ4v) is 1.94. The van der Waals surface area contributed by atoms with Crippen LogP contribution in [-0.4, -0.2) is 26.7 Å². The smallest absolute Gasteiger partial charge is 0.251 e. The minimum Gasteiger partial charge on any atom is -0.496 e. The number of amides is 1. The third-order valence-corrected chi connectivity index (χ3v) is 2.99. The summed E-state index contributed by atoms with van der Waals surface area (Å²) in [6.07, 6.45) is 0. The lowest BCUT2D eigenvalue weighted by Crippen LogP contribution is -2.22. The zero-order chi connectivity index (χ0) is 15.9. The van der Waals surface area contributed by atoms with Crippen molar-refractivity contribution in [1.29, 1.82) is 0 Å². The van der Waals surface area contributed by atoms with Crippen LogP contribution in [0.2, 0.25) is 0 Å². The van der Waals surface area contributed by atoms with Crippen LogP contribution in [0, 0.1) is 0 Å². The maximum atomic E-state index is 11.8. The Kier molecular flexibility index (Phi) is 5.25. The molecule has 2 aromatic rings. The molecule has 0 aliphatic heterocycles. The van der Waals surface area contributed by atoms with E-state index in [0.717, 1.165) is 0 Å². The van der Waals surface area contributed by atoms with Gasteiger partial charge in [-0.1, -0.05) is 6.07 Å². The number of hydrogen-bond donors (Lipinski definition) is 1. The number of methoxy groups -OCH3 is 2. The van der Waals surface area contributed by atoms with E-state index in [0.29, 0.717) is 35.1 Å². The molecule has 0 fully saturated rings. The van der Waals surface area contributed by atoms with E-state index >= 15 is 0 Å². The summed E-state index contributed by atoms with van der Waals surface area (Å²) in [7, 11) is 3.16. The van der Waals surface area contributed by atoms with Gasteiger partial charge < -0.3 is 19.5 Å². The first-order chi connectivity index (χ1) is 10.7. The summed E-state index contributed by atoms with van der Waals surface area (Å²) in [5.74, 6) is 2.28. The van der Waals surface area contributed by atoms with E-state index < -0.39 is 0 Å². The molecule has 1 amide bonds. The third-order valence-electron chi connectivity index (χ3n) is 2.99. The van der Waals surface area contributed by atoms with E-state index in [-0.39, 0.29) is 5.91 Å². The number of ether oxygens (including phenoxy) is 3. The van der Waals surface area contributed by atoms with Gasteiger partial charge in [0, 0.05) is 30.3 Å². The number of benzene rings is 2. The first-order valence-electron chi connectivity index (χ1n) is 6.95. The molecule has 2 rings (SSSR count). The van der Waals surface area contributed by atoms with Gasteiger partial charge in [0.25, 0.3) is 5.91 Å². The molecule has 0 aromatic heterocycles. The van der Waals surface area contributed by atoms with E-state index in [9.17, 15) is 4.79 Å². The van der Waals surface area contributed by atoms with Gasteiger partial charge in [0.05, 0.1) is 14.2 Å². The van der Waals surface area contributed by atoms with Gasteiger partial charge in [-0.05, 0) is 25.1 Å². The highest BCUT2D eigenvalue weighted by molar-refractivity contribution is 5.94. The quantitative estimate of drug-likeness (QED) is 0.890.